The van der Waals surface area contributed by atoms with Gasteiger partial charge in [0, 0.05) is 12.1 Å². The van der Waals surface area contributed by atoms with E-state index in [-0.39, 0.29) is 0 Å². The van der Waals surface area contributed by atoms with Crippen LogP contribution in [0, 0.1) is 6.92 Å². The van der Waals surface area contributed by atoms with Crippen molar-refractivity contribution in [2.75, 3.05) is 20.6 Å². The van der Waals surface area contributed by atoms with Gasteiger partial charge in [-0.15, -0.1) is 0 Å². The molecular weight excluding hydrogens is 212 g/mol. The van der Waals surface area contributed by atoms with E-state index >= 15 is 0 Å². The number of aromatic hydroxyl groups is 1. The van der Waals surface area contributed by atoms with Crippen molar-refractivity contribution in [3.05, 3.63) is 28.8 Å². The van der Waals surface area contributed by atoms with E-state index in [9.17, 15) is 5.11 Å². The summed E-state index contributed by atoms with van der Waals surface area (Å²) in [5.74, 6) is 0.468. The smallest absolute Gasteiger partial charge is 0.123 e. The van der Waals surface area contributed by atoms with E-state index in [1.807, 2.05) is 27.1 Å². The molecule has 0 radical (unpaired) electrons. The van der Waals surface area contributed by atoms with Gasteiger partial charge in [-0.1, -0.05) is 12.1 Å². The molecule has 0 fully saturated rings. The Labute approximate surface area is 104 Å². The molecule has 0 unspecified atom stereocenters. The molecule has 0 aliphatic carbocycles. The van der Waals surface area contributed by atoms with Gasteiger partial charge >= 0.3 is 0 Å². The first kappa shape index (κ1) is 14.0. The van der Waals surface area contributed by atoms with Crippen molar-refractivity contribution in [2.45, 2.75) is 32.7 Å². The van der Waals surface area contributed by atoms with E-state index in [1.54, 1.807) is 0 Å². The van der Waals surface area contributed by atoms with E-state index in [1.165, 1.54) is 0 Å². The Balaban J connectivity index is 2.85. The van der Waals surface area contributed by atoms with Crippen LogP contribution in [0.2, 0.25) is 0 Å². The molecule has 0 spiro atoms. The molecule has 3 N–H and O–H groups in total. The fourth-order valence-corrected chi connectivity index (χ4v) is 1.96. The number of hydrogen-bond acceptors (Lipinski definition) is 3. The van der Waals surface area contributed by atoms with Crippen molar-refractivity contribution in [3.8, 4) is 5.75 Å². The van der Waals surface area contributed by atoms with Gasteiger partial charge in [-0.05, 0) is 58.0 Å². The fourth-order valence-electron chi connectivity index (χ4n) is 1.96. The van der Waals surface area contributed by atoms with Gasteiger partial charge in [-0.2, -0.15) is 0 Å². The van der Waals surface area contributed by atoms with Gasteiger partial charge in [0.25, 0.3) is 0 Å². The number of nitrogens with zero attached hydrogens (tertiary/aromatic N) is 1. The van der Waals surface area contributed by atoms with Crippen LogP contribution in [-0.4, -0.2) is 30.6 Å². The van der Waals surface area contributed by atoms with Crippen molar-refractivity contribution < 1.29 is 5.11 Å². The minimum absolute atomic E-state index is 0.468. The monoisotopic (exact) mass is 236 g/mol. The summed E-state index contributed by atoms with van der Waals surface area (Å²) in [6.07, 6.45) is 2.95. The fraction of sp³-hybridized carbons (Fsp3) is 0.571. The average Bonchev–Trinajstić information content (AvgIpc) is 2.27. The first-order valence-electron chi connectivity index (χ1n) is 6.21. The number of rotatable bonds is 6. The quantitative estimate of drug-likeness (QED) is 0.743. The van der Waals surface area contributed by atoms with Gasteiger partial charge in [-0.3, -0.25) is 0 Å². The van der Waals surface area contributed by atoms with E-state index in [0.29, 0.717) is 5.75 Å². The molecule has 0 heterocycles. The molecule has 17 heavy (non-hydrogen) atoms. The van der Waals surface area contributed by atoms with Gasteiger partial charge in [0.1, 0.15) is 5.75 Å². The number of nitrogens with two attached hydrogens (primary N) is 1. The molecule has 0 amide bonds. The van der Waals surface area contributed by atoms with Crippen molar-refractivity contribution in [1.29, 1.82) is 0 Å². The molecule has 0 aliphatic rings. The summed E-state index contributed by atoms with van der Waals surface area (Å²) in [6, 6.07) is 4.12. The molecule has 0 saturated carbocycles. The van der Waals surface area contributed by atoms with E-state index < -0.39 is 0 Å². The highest BCUT2D eigenvalue weighted by atomic mass is 16.3. The zero-order valence-electron chi connectivity index (χ0n) is 11.2. The van der Waals surface area contributed by atoms with Crippen LogP contribution in [0.5, 0.6) is 5.75 Å². The van der Waals surface area contributed by atoms with Crippen LogP contribution < -0.4 is 5.73 Å². The Morgan fingerprint density at radius 3 is 2.53 bits per heavy atom. The van der Waals surface area contributed by atoms with Crippen molar-refractivity contribution in [1.82, 2.24) is 4.90 Å². The van der Waals surface area contributed by atoms with E-state index in [0.717, 1.165) is 49.0 Å². The summed E-state index contributed by atoms with van der Waals surface area (Å²) in [5, 5.41) is 10.3. The normalized spacial score (nSPS) is 11.1. The second kappa shape index (κ2) is 6.62. The molecule has 1 aromatic rings. The molecule has 0 bridgehead atoms. The highest BCUT2D eigenvalue weighted by Crippen LogP contribution is 2.27. The van der Waals surface area contributed by atoms with Crippen LogP contribution in [0.4, 0.5) is 0 Å². The van der Waals surface area contributed by atoms with Crippen molar-refractivity contribution in [3.63, 3.8) is 0 Å². The van der Waals surface area contributed by atoms with Crippen LogP contribution >= 0.6 is 0 Å². The Kier molecular flexibility index (Phi) is 5.45. The van der Waals surface area contributed by atoms with Gasteiger partial charge < -0.3 is 15.7 Å². The molecule has 1 aromatic carbocycles. The zero-order valence-corrected chi connectivity index (χ0v) is 11.2. The Hall–Kier alpha value is -1.06. The van der Waals surface area contributed by atoms with Crippen LogP contribution in [-0.2, 0) is 13.0 Å². The standard InChI is InChI=1S/C14H24N2O/c1-11-7-8-12(6-4-5-9-15)14(17)13(11)10-16(2)3/h7-8,17H,4-6,9-10,15H2,1-3H3. The number of hydrogen-bond donors (Lipinski definition) is 2. The highest BCUT2D eigenvalue weighted by molar-refractivity contribution is 5.45. The summed E-state index contributed by atoms with van der Waals surface area (Å²) >= 11 is 0. The minimum atomic E-state index is 0.468. The maximum atomic E-state index is 10.3. The third-order valence-corrected chi connectivity index (χ3v) is 2.98. The third kappa shape index (κ3) is 4.02. The average molecular weight is 236 g/mol. The van der Waals surface area contributed by atoms with Crippen molar-refractivity contribution in [2.24, 2.45) is 5.73 Å². The second-order valence-electron chi connectivity index (χ2n) is 4.85. The first-order valence-corrected chi connectivity index (χ1v) is 6.21. The van der Waals surface area contributed by atoms with Crippen molar-refractivity contribution >= 4 is 0 Å². The molecular formula is C14H24N2O. The summed E-state index contributed by atoms with van der Waals surface area (Å²) in [7, 11) is 4.03. The number of phenols is 1. The second-order valence-corrected chi connectivity index (χ2v) is 4.85. The third-order valence-electron chi connectivity index (χ3n) is 2.98. The van der Waals surface area contributed by atoms with Gasteiger partial charge in [0.2, 0.25) is 0 Å². The molecule has 0 atom stereocenters. The molecule has 96 valence electrons. The summed E-state index contributed by atoms with van der Waals surface area (Å²) in [6.45, 7) is 3.54. The Bertz CT molecular complexity index is 361. The van der Waals surface area contributed by atoms with Gasteiger partial charge in [0.15, 0.2) is 0 Å². The molecule has 0 aromatic heterocycles. The van der Waals surface area contributed by atoms with E-state index in [4.69, 9.17) is 5.73 Å². The predicted molar refractivity (Wildman–Crippen MR) is 72.2 cm³/mol. The molecule has 1 rings (SSSR count). The summed E-state index contributed by atoms with van der Waals surface area (Å²) in [5.41, 5.74) is 8.72. The lowest BCUT2D eigenvalue weighted by Gasteiger charge is -2.16. The minimum Gasteiger partial charge on any atom is -0.507 e. The number of unbranched alkanes of at least 4 members (excludes halogenated alkanes) is 1. The zero-order chi connectivity index (χ0) is 12.8. The highest BCUT2D eigenvalue weighted by Gasteiger charge is 2.10. The van der Waals surface area contributed by atoms with Crippen LogP contribution in [0.15, 0.2) is 12.1 Å². The summed E-state index contributed by atoms with van der Waals surface area (Å²) in [4.78, 5) is 2.08. The number of benzene rings is 1. The molecule has 0 saturated heterocycles. The lowest BCUT2D eigenvalue weighted by atomic mass is 9.99. The van der Waals surface area contributed by atoms with Gasteiger partial charge in [-0.25, -0.2) is 0 Å². The topological polar surface area (TPSA) is 49.5 Å². The maximum absolute atomic E-state index is 10.3. The SMILES string of the molecule is Cc1ccc(CCCCN)c(O)c1CN(C)C. The number of phenolic OH excluding ortho intramolecular Hbond substituents is 1. The number of aryl methyl sites for hydroxylation is 2. The molecule has 3 heteroatoms. The summed E-state index contributed by atoms with van der Waals surface area (Å²) < 4.78 is 0. The molecule has 3 nitrogen and oxygen atoms in total. The first-order chi connectivity index (χ1) is 8.06. The Morgan fingerprint density at radius 2 is 1.94 bits per heavy atom. The van der Waals surface area contributed by atoms with Crippen LogP contribution in [0.1, 0.15) is 29.5 Å². The maximum Gasteiger partial charge on any atom is 0.123 e. The largest absolute Gasteiger partial charge is 0.507 e. The predicted octanol–water partition coefficient (Wildman–Crippen LogP) is 2.04. The lowest BCUT2D eigenvalue weighted by Crippen LogP contribution is -2.12. The van der Waals surface area contributed by atoms with Crippen LogP contribution in [0.25, 0.3) is 0 Å². The van der Waals surface area contributed by atoms with E-state index in [2.05, 4.69) is 11.0 Å². The van der Waals surface area contributed by atoms with Gasteiger partial charge in [0.05, 0.1) is 0 Å². The van der Waals surface area contributed by atoms with Crippen LogP contribution in [0.3, 0.4) is 0 Å². The Morgan fingerprint density at radius 1 is 1.24 bits per heavy atom. The lowest BCUT2D eigenvalue weighted by molar-refractivity contribution is 0.383. The molecule has 0 aliphatic heterocycles.